The Hall–Kier alpha value is -5.82. The fraction of sp³-hybridized carbons (Fsp3) is 0.537. The van der Waals surface area contributed by atoms with Gasteiger partial charge in [0.25, 0.3) is 0 Å². The van der Waals surface area contributed by atoms with Crippen molar-refractivity contribution in [3.63, 3.8) is 0 Å². The van der Waals surface area contributed by atoms with E-state index in [1.165, 1.54) is 43.5 Å². The highest BCUT2D eigenvalue weighted by molar-refractivity contribution is 8.00. The second kappa shape index (κ2) is 23.8. The minimum Gasteiger partial charge on any atom is -0.464 e. The normalized spacial score (nSPS) is 24.7. The van der Waals surface area contributed by atoms with Crippen molar-refractivity contribution in [1.29, 1.82) is 0 Å². The summed E-state index contributed by atoms with van der Waals surface area (Å²) in [5, 5.41) is -1.03. The van der Waals surface area contributed by atoms with Crippen LogP contribution in [0.5, 0.6) is 0 Å². The number of hydrogen-bond acceptors (Lipinski definition) is 18. The predicted molar refractivity (Wildman–Crippen MR) is 262 cm³/mol. The molecule has 3 aromatic carbocycles. The van der Waals surface area contributed by atoms with E-state index < -0.39 is 130 Å². The number of carbonyl (C=O) groups is 7. The van der Waals surface area contributed by atoms with Crippen molar-refractivity contribution in [3.8, 4) is 0 Å². The van der Waals surface area contributed by atoms with Crippen LogP contribution in [0.3, 0.4) is 0 Å². The molecule has 2 aliphatic rings. The number of hydrogen-bond donors (Lipinski definition) is 0. The molecule has 2 heterocycles. The van der Waals surface area contributed by atoms with Crippen LogP contribution in [-0.4, -0.2) is 122 Å². The van der Waals surface area contributed by atoms with Crippen LogP contribution in [0.4, 0.5) is 0 Å². The number of ether oxygens (including phenoxy) is 10. The quantitative estimate of drug-likeness (QED) is 0.104. The lowest BCUT2D eigenvalue weighted by atomic mass is 9.94. The van der Waals surface area contributed by atoms with E-state index in [0.717, 1.165) is 11.8 Å². The van der Waals surface area contributed by atoms with Gasteiger partial charge in [-0.25, -0.2) is 14.4 Å². The third-order valence-corrected chi connectivity index (χ3v) is 12.6. The van der Waals surface area contributed by atoms with Crippen LogP contribution in [0.25, 0.3) is 0 Å². The summed E-state index contributed by atoms with van der Waals surface area (Å²) in [6.07, 6.45) is -12.2. The maximum Gasteiger partial charge on any atom is 0.338 e. The van der Waals surface area contributed by atoms with Gasteiger partial charge >= 0.3 is 41.8 Å². The number of thioether (sulfide) groups is 1. The summed E-state index contributed by atoms with van der Waals surface area (Å²) < 4.78 is 61.8. The number of methoxy groups -OCH3 is 1. The molecule has 0 radical (unpaired) electrons. The van der Waals surface area contributed by atoms with Gasteiger partial charge in [0.15, 0.2) is 42.9 Å². The molecular weight excluding hydrogens is 953 g/mol. The fourth-order valence-electron chi connectivity index (χ4n) is 6.92. The number of carbonyl (C=O) groups excluding carboxylic acids is 7. The summed E-state index contributed by atoms with van der Waals surface area (Å²) in [6, 6.07) is 23.9. The maximum absolute atomic E-state index is 14.1. The Morgan fingerprint density at radius 1 is 0.444 bits per heavy atom. The topological polar surface area (TPSA) is 212 Å². The van der Waals surface area contributed by atoms with Gasteiger partial charge in [-0.15, -0.1) is 11.8 Å². The van der Waals surface area contributed by atoms with Gasteiger partial charge in [0, 0.05) is 7.11 Å². The molecule has 10 atom stereocenters. The van der Waals surface area contributed by atoms with Crippen LogP contribution in [0.15, 0.2) is 91.0 Å². The largest absolute Gasteiger partial charge is 0.464 e. The van der Waals surface area contributed by atoms with Crippen molar-refractivity contribution in [1.82, 2.24) is 0 Å². The lowest BCUT2D eigenvalue weighted by Gasteiger charge is -2.47. The van der Waals surface area contributed by atoms with Crippen LogP contribution in [-0.2, 0) is 66.5 Å². The molecule has 0 aliphatic carbocycles. The molecule has 2 aliphatic heterocycles. The first-order valence-electron chi connectivity index (χ1n) is 23.6. The highest BCUT2D eigenvalue weighted by Crippen LogP contribution is 2.42. The van der Waals surface area contributed by atoms with E-state index >= 15 is 0 Å². The molecule has 18 heteroatoms. The molecule has 3 aromatic rings. The monoisotopic (exact) mass is 1020 g/mol. The zero-order valence-electron chi connectivity index (χ0n) is 43.2. The first-order chi connectivity index (χ1) is 33.6. The SMILES string of the molecule is CO[C@H]1O[C@H](CO[C@@H]2S[C@H](COC(=O)C(C)(C)C)[C@@H](OC(=O)C(C)(C)C)[C@H](OC(=O)C(C)(C)C)[C@H]2OC(=O)C(C)(C)C)[C@H](OC(=O)c2ccccc2)[C@H](OC(=O)c2ccccc2)[C@H]1OC(=O)c1ccccc1. The molecule has 0 aromatic heterocycles. The molecule has 392 valence electrons. The van der Waals surface area contributed by atoms with Crippen molar-refractivity contribution < 1.29 is 80.9 Å². The standard InChI is InChI=1S/C54H68O17S/c1-51(2,3)47(58)64-30-35-37(69-48(59)52(4,5)6)39(70-49(60)53(7,8)9)41(71-50(61)54(10,11)12)46(72-35)63-29-34-36(66-42(55)31-23-17-14-18-24-31)38(67-43(56)32-25-19-15-20-26-32)40(45(62-13)65-34)68-44(57)33-27-21-16-22-28-33/h14-28,34-41,45-46H,29-30H2,1-13H3/t34-,35-,36+,37-,38+,39+,40-,41-,45+,46-/m1/s1. The fourth-order valence-corrected chi connectivity index (χ4v) is 8.29. The molecule has 5 rings (SSSR count). The van der Waals surface area contributed by atoms with E-state index in [2.05, 4.69) is 0 Å². The molecule has 2 fully saturated rings. The second-order valence-electron chi connectivity index (χ2n) is 21.6. The molecule has 0 spiro atoms. The van der Waals surface area contributed by atoms with Gasteiger partial charge in [-0.2, -0.15) is 0 Å². The molecule has 17 nitrogen and oxygen atoms in total. The van der Waals surface area contributed by atoms with Crippen LogP contribution in [0.1, 0.15) is 114 Å². The minimum absolute atomic E-state index is 0.112. The third-order valence-electron chi connectivity index (χ3n) is 11.2. The first kappa shape index (κ1) is 57.1. The van der Waals surface area contributed by atoms with Gasteiger partial charge in [-0.3, -0.25) is 19.2 Å². The van der Waals surface area contributed by atoms with Crippen molar-refractivity contribution in [3.05, 3.63) is 108 Å². The summed E-state index contributed by atoms with van der Waals surface area (Å²) in [6.45, 7) is 18.7. The highest BCUT2D eigenvalue weighted by Gasteiger charge is 2.57. The Morgan fingerprint density at radius 3 is 1.21 bits per heavy atom. The third kappa shape index (κ3) is 15.1. The lowest BCUT2D eigenvalue weighted by molar-refractivity contribution is -0.295. The zero-order chi connectivity index (χ0) is 53.3. The summed E-state index contributed by atoms with van der Waals surface area (Å²) >= 11 is 0.972. The van der Waals surface area contributed by atoms with E-state index in [9.17, 15) is 33.6 Å². The Kier molecular flexibility index (Phi) is 18.9. The van der Waals surface area contributed by atoms with Crippen LogP contribution in [0.2, 0.25) is 0 Å². The van der Waals surface area contributed by atoms with E-state index in [1.807, 2.05) is 0 Å². The Morgan fingerprint density at radius 2 is 0.806 bits per heavy atom. The van der Waals surface area contributed by atoms with E-state index in [-0.39, 0.29) is 23.3 Å². The minimum atomic E-state index is -1.63. The van der Waals surface area contributed by atoms with Gasteiger partial charge in [0.2, 0.25) is 0 Å². The van der Waals surface area contributed by atoms with Crippen molar-refractivity contribution in [2.24, 2.45) is 21.7 Å². The second-order valence-corrected chi connectivity index (χ2v) is 22.9. The van der Waals surface area contributed by atoms with Gasteiger partial charge in [0.1, 0.15) is 18.1 Å². The summed E-state index contributed by atoms with van der Waals surface area (Å²) in [5.74, 6) is -5.36. The average molecular weight is 1020 g/mol. The van der Waals surface area contributed by atoms with Crippen molar-refractivity contribution in [2.75, 3.05) is 20.3 Å². The average Bonchev–Trinajstić information content (AvgIpc) is 3.32. The number of benzene rings is 3. The van der Waals surface area contributed by atoms with E-state index in [0.29, 0.717) is 0 Å². The Balaban J connectivity index is 1.65. The van der Waals surface area contributed by atoms with Crippen molar-refractivity contribution >= 4 is 53.5 Å². The molecule has 0 unspecified atom stereocenters. The molecule has 2 saturated heterocycles. The van der Waals surface area contributed by atoms with Crippen LogP contribution >= 0.6 is 11.8 Å². The molecular formula is C54H68O17S. The molecule has 0 saturated carbocycles. The summed E-state index contributed by atoms with van der Waals surface area (Å²) in [7, 11) is 1.27. The number of esters is 7. The molecule has 0 N–H and O–H groups in total. The first-order valence-corrected chi connectivity index (χ1v) is 24.6. The lowest BCUT2D eigenvalue weighted by Crippen LogP contribution is -2.64. The Labute approximate surface area is 425 Å². The smallest absolute Gasteiger partial charge is 0.338 e. The van der Waals surface area contributed by atoms with E-state index in [1.54, 1.807) is 138 Å². The predicted octanol–water partition coefficient (Wildman–Crippen LogP) is 7.96. The maximum atomic E-state index is 14.1. The van der Waals surface area contributed by atoms with Gasteiger partial charge in [-0.05, 0) is 119 Å². The van der Waals surface area contributed by atoms with Gasteiger partial charge < -0.3 is 47.4 Å². The van der Waals surface area contributed by atoms with Crippen LogP contribution < -0.4 is 0 Å². The molecule has 0 bridgehead atoms. The summed E-state index contributed by atoms with van der Waals surface area (Å²) in [5.41, 5.74) is -5.24. The molecule has 72 heavy (non-hydrogen) atoms. The Bertz CT molecular complexity index is 2350. The molecule has 0 amide bonds. The van der Waals surface area contributed by atoms with Crippen molar-refractivity contribution in [2.45, 2.75) is 143 Å². The van der Waals surface area contributed by atoms with Gasteiger partial charge in [-0.1, -0.05) is 54.6 Å². The zero-order valence-corrected chi connectivity index (χ0v) is 44.0. The number of rotatable bonds is 15. The van der Waals surface area contributed by atoms with Gasteiger partial charge in [0.05, 0.1) is 50.2 Å². The van der Waals surface area contributed by atoms with Crippen LogP contribution in [0, 0.1) is 21.7 Å². The summed E-state index contributed by atoms with van der Waals surface area (Å²) in [4.78, 5) is 97.0. The van der Waals surface area contributed by atoms with E-state index in [4.69, 9.17) is 47.4 Å². The highest BCUT2D eigenvalue weighted by atomic mass is 32.2.